The van der Waals surface area contributed by atoms with Gasteiger partial charge in [-0.2, -0.15) is 5.10 Å². The van der Waals surface area contributed by atoms with Crippen molar-refractivity contribution in [3.8, 4) is 11.1 Å². The van der Waals surface area contributed by atoms with E-state index in [-0.39, 0.29) is 5.97 Å². The van der Waals surface area contributed by atoms with Crippen molar-refractivity contribution >= 4 is 29.5 Å². The Balaban J connectivity index is 1.40. The first kappa shape index (κ1) is 25.8. The molecule has 4 rings (SSSR count). The number of benzene rings is 2. The van der Waals surface area contributed by atoms with E-state index >= 15 is 0 Å². The summed E-state index contributed by atoms with van der Waals surface area (Å²) < 4.78 is 12.0. The quantitative estimate of drug-likeness (QED) is 0.351. The van der Waals surface area contributed by atoms with Crippen LogP contribution in [0.25, 0.3) is 11.1 Å². The number of carbonyl (C=O) groups is 2. The fraction of sp³-hybridized carbons (Fsp3) is 0.393. The van der Waals surface area contributed by atoms with Gasteiger partial charge in [-0.1, -0.05) is 54.1 Å². The lowest BCUT2D eigenvalue weighted by Crippen LogP contribution is -2.18. The van der Waals surface area contributed by atoms with E-state index in [4.69, 9.17) is 21.1 Å². The molecule has 0 aliphatic heterocycles. The monoisotopic (exact) mass is 509 g/mol. The first-order valence-electron chi connectivity index (χ1n) is 12.3. The van der Waals surface area contributed by atoms with Crippen molar-refractivity contribution in [2.24, 2.45) is 13.0 Å². The van der Waals surface area contributed by atoms with Gasteiger partial charge in [0.05, 0.1) is 13.3 Å². The predicted octanol–water partition coefficient (Wildman–Crippen LogP) is 6.89. The summed E-state index contributed by atoms with van der Waals surface area (Å²) in [5, 5.41) is 7.73. The van der Waals surface area contributed by atoms with Crippen molar-refractivity contribution in [2.75, 3.05) is 12.4 Å². The summed E-state index contributed by atoms with van der Waals surface area (Å²) in [7, 11) is 3.22. The summed E-state index contributed by atoms with van der Waals surface area (Å²) in [6.07, 6.45) is 5.37. The van der Waals surface area contributed by atoms with E-state index in [9.17, 15) is 9.59 Å². The number of hydrogen-bond donors (Lipinski definition) is 1. The molecule has 1 fully saturated rings. The van der Waals surface area contributed by atoms with Crippen molar-refractivity contribution < 1.29 is 19.1 Å². The third-order valence-corrected chi connectivity index (χ3v) is 7.35. The van der Waals surface area contributed by atoms with Gasteiger partial charge in [0.1, 0.15) is 11.9 Å². The highest BCUT2D eigenvalue weighted by atomic mass is 35.5. The van der Waals surface area contributed by atoms with Crippen molar-refractivity contribution in [1.29, 1.82) is 0 Å². The molecule has 0 saturated heterocycles. The number of nitrogens with zero attached hydrogens (tertiary/aromatic N) is 2. The fourth-order valence-electron chi connectivity index (χ4n) is 4.91. The number of nitrogens with one attached hydrogen (secondary N) is 1. The molecule has 0 bridgehead atoms. The number of esters is 1. The largest absolute Gasteiger partial charge is 0.469 e. The van der Waals surface area contributed by atoms with Gasteiger partial charge in [-0.15, -0.1) is 0 Å². The summed E-state index contributed by atoms with van der Waals surface area (Å²) in [6, 6.07) is 15.7. The molecular weight excluding hydrogens is 478 g/mol. The molecule has 1 aromatic heterocycles. The summed E-state index contributed by atoms with van der Waals surface area (Å²) in [5.41, 5.74) is 3.81. The van der Waals surface area contributed by atoms with E-state index in [1.165, 1.54) is 12.7 Å². The van der Waals surface area contributed by atoms with Crippen LogP contribution in [0.4, 0.5) is 10.6 Å². The molecule has 0 radical (unpaired) electrons. The lowest BCUT2D eigenvalue weighted by atomic mass is 9.77. The second-order valence-electron chi connectivity index (χ2n) is 9.34. The van der Waals surface area contributed by atoms with Crippen molar-refractivity contribution in [1.82, 2.24) is 9.78 Å². The molecule has 2 aromatic carbocycles. The number of amides is 1. The Morgan fingerprint density at radius 2 is 1.81 bits per heavy atom. The van der Waals surface area contributed by atoms with Crippen LogP contribution >= 0.6 is 11.6 Å². The molecular formula is C28H32ClN3O4. The number of ether oxygens (including phenoxy) is 2. The van der Waals surface area contributed by atoms with Crippen LogP contribution in [0, 0.1) is 5.92 Å². The molecule has 1 heterocycles. The highest BCUT2D eigenvalue weighted by Gasteiger charge is 2.25. The number of aromatic nitrogens is 2. The van der Waals surface area contributed by atoms with Gasteiger partial charge in [-0.05, 0) is 61.6 Å². The topological polar surface area (TPSA) is 82.5 Å². The summed E-state index contributed by atoms with van der Waals surface area (Å²) in [4.78, 5) is 24.2. The van der Waals surface area contributed by atoms with E-state index in [1.807, 2.05) is 18.2 Å². The average Bonchev–Trinajstić information content (AvgIpc) is 3.24. The summed E-state index contributed by atoms with van der Waals surface area (Å²) >= 11 is 6.23. The molecule has 1 aliphatic rings. The Kier molecular flexibility index (Phi) is 8.31. The highest BCUT2D eigenvalue weighted by Crippen LogP contribution is 2.38. The summed E-state index contributed by atoms with van der Waals surface area (Å²) in [6.45, 7) is 1.78. The van der Waals surface area contributed by atoms with E-state index in [0.717, 1.165) is 42.4 Å². The SMILES string of the molecule is COC(=O)C[C@H]1CC[C@H](c2ccc(-c3cnn(C)c3NC(=O)O[C@H](C)c3ccccc3Cl)cc2)CC1. The minimum atomic E-state index is -0.576. The second-order valence-corrected chi connectivity index (χ2v) is 9.75. The maximum absolute atomic E-state index is 12.7. The van der Waals surface area contributed by atoms with Gasteiger partial charge in [0.2, 0.25) is 0 Å². The van der Waals surface area contributed by atoms with E-state index in [0.29, 0.717) is 29.1 Å². The molecule has 8 heteroatoms. The number of hydrogen-bond acceptors (Lipinski definition) is 5. The Hall–Kier alpha value is -3.32. The van der Waals surface area contributed by atoms with Crippen LogP contribution in [0.1, 0.15) is 62.2 Å². The molecule has 3 aromatic rings. The molecule has 1 saturated carbocycles. The van der Waals surface area contributed by atoms with Crippen LogP contribution in [0.2, 0.25) is 5.02 Å². The second kappa shape index (κ2) is 11.6. The first-order chi connectivity index (χ1) is 17.4. The maximum Gasteiger partial charge on any atom is 0.413 e. The smallest absolute Gasteiger partial charge is 0.413 e. The van der Waals surface area contributed by atoms with Crippen molar-refractivity contribution in [2.45, 2.75) is 51.0 Å². The normalized spacial score (nSPS) is 18.3. The van der Waals surface area contributed by atoms with Crippen molar-refractivity contribution in [3.63, 3.8) is 0 Å². The van der Waals surface area contributed by atoms with Gasteiger partial charge in [0, 0.05) is 29.6 Å². The van der Waals surface area contributed by atoms with Crippen LogP contribution in [-0.4, -0.2) is 29.0 Å². The number of rotatable bonds is 7. The third kappa shape index (κ3) is 6.08. The Morgan fingerprint density at radius 3 is 2.47 bits per heavy atom. The molecule has 190 valence electrons. The zero-order valence-electron chi connectivity index (χ0n) is 20.9. The number of aryl methyl sites for hydroxylation is 1. The minimum Gasteiger partial charge on any atom is -0.469 e. The molecule has 7 nitrogen and oxygen atoms in total. The zero-order chi connectivity index (χ0) is 25.7. The average molecular weight is 510 g/mol. The number of methoxy groups -OCH3 is 1. The Labute approximate surface area is 216 Å². The molecule has 1 atom stereocenters. The van der Waals surface area contributed by atoms with Gasteiger partial charge in [0.25, 0.3) is 0 Å². The standard InChI is InChI=1S/C28H32ClN3O4/c1-18(23-6-4-5-7-25(23)29)36-28(34)31-27-24(17-30-32(27)2)22-14-12-21(13-15-22)20-10-8-19(9-11-20)16-26(33)35-3/h4-7,12-15,17-20H,8-11,16H2,1-3H3,(H,31,34)/t18-,19-,20-/m1/s1. The predicted molar refractivity (Wildman–Crippen MR) is 140 cm³/mol. The van der Waals surface area contributed by atoms with E-state index in [1.54, 1.807) is 30.9 Å². The molecule has 36 heavy (non-hydrogen) atoms. The van der Waals surface area contributed by atoms with Crippen molar-refractivity contribution in [3.05, 3.63) is 70.9 Å². The molecule has 1 N–H and O–H groups in total. The Morgan fingerprint density at radius 1 is 1.11 bits per heavy atom. The molecule has 1 aliphatic carbocycles. The zero-order valence-corrected chi connectivity index (χ0v) is 21.6. The highest BCUT2D eigenvalue weighted by molar-refractivity contribution is 6.31. The van der Waals surface area contributed by atoms with Gasteiger partial charge >= 0.3 is 12.1 Å². The number of halogens is 1. The van der Waals surface area contributed by atoms with Crippen LogP contribution < -0.4 is 5.32 Å². The van der Waals surface area contributed by atoms with Crippen LogP contribution in [0.15, 0.2) is 54.7 Å². The maximum atomic E-state index is 12.7. The number of carbonyl (C=O) groups excluding carboxylic acids is 2. The first-order valence-corrected chi connectivity index (χ1v) is 12.6. The molecule has 0 spiro atoms. The van der Waals surface area contributed by atoms with E-state index < -0.39 is 12.2 Å². The fourth-order valence-corrected chi connectivity index (χ4v) is 5.20. The van der Waals surface area contributed by atoms with Gasteiger partial charge in [0.15, 0.2) is 0 Å². The van der Waals surface area contributed by atoms with Crippen LogP contribution in [-0.2, 0) is 21.3 Å². The Bertz CT molecular complexity index is 1200. The van der Waals surface area contributed by atoms with Gasteiger partial charge < -0.3 is 9.47 Å². The lowest BCUT2D eigenvalue weighted by Gasteiger charge is -2.28. The minimum absolute atomic E-state index is 0.120. The third-order valence-electron chi connectivity index (χ3n) is 7.01. The van der Waals surface area contributed by atoms with Gasteiger partial charge in [-0.3, -0.25) is 14.8 Å². The van der Waals surface area contributed by atoms with Gasteiger partial charge in [-0.25, -0.2) is 4.79 Å². The lowest BCUT2D eigenvalue weighted by molar-refractivity contribution is -0.142. The summed E-state index contributed by atoms with van der Waals surface area (Å²) in [5.74, 6) is 1.34. The van der Waals surface area contributed by atoms with E-state index in [2.05, 4.69) is 34.7 Å². The van der Waals surface area contributed by atoms with Crippen LogP contribution in [0.3, 0.4) is 0 Å². The molecule has 0 unspecified atom stereocenters. The molecule has 1 amide bonds. The van der Waals surface area contributed by atoms with Crippen LogP contribution in [0.5, 0.6) is 0 Å². The number of anilines is 1.